The summed E-state index contributed by atoms with van der Waals surface area (Å²) in [7, 11) is 1.55. The number of hydrogen-bond donors (Lipinski definition) is 2. The molecule has 1 amide bonds. The van der Waals surface area contributed by atoms with Crippen LogP contribution in [0.3, 0.4) is 0 Å². The van der Waals surface area contributed by atoms with E-state index in [2.05, 4.69) is 26.1 Å². The van der Waals surface area contributed by atoms with E-state index >= 15 is 0 Å². The van der Waals surface area contributed by atoms with E-state index in [1.165, 1.54) is 0 Å². The number of Topliss-reactive ketones (excluding diaryl/α,β-unsaturated/α-hetero) is 1. The Hall–Kier alpha value is -4.08. The number of hydrogen-bond acceptors (Lipinski definition) is 8. The van der Waals surface area contributed by atoms with Gasteiger partial charge in [0.15, 0.2) is 5.78 Å². The van der Waals surface area contributed by atoms with Gasteiger partial charge in [0.25, 0.3) is 5.91 Å². The number of nitrogens with one attached hydrogen (secondary N) is 2. The molecule has 0 aromatic heterocycles. The van der Waals surface area contributed by atoms with Crippen LogP contribution in [-0.2, 0) is 21.5 Å². The van der Waals surface area contributed by atoms with E-state index in [0.29, 0.717) is 60.2 Å². The lowest BCUT2D eigenvalue weighted by Crippen LogP contribution is -2.45. The van der Waals surface area contributed by atoms with Gasteiger partial charge in [-0.25, -0.2) is 4.79 Å². The van der Waals surface area contributed by atoms with E-state index in [0.717, 1.165) is 11.1 Å². The fourth-order valence-corrected chi connectivity index (χ4v) is 5.27. The van der Waals surface area contributed by atoms with E-state index < -0.39 is 6.04 Å². The molecule has 0 fully saturated rings. The number of carbonyl (C=O) groups excluding carboxylic acids is 3. The highest BCUT2D eigenvalue weighted by molar-refractivity contribution is 6.08. The maximum atomic E-state index is 13.8. The molecule has 1 unspecified atom stereocenters. The molecule has 0 bridgehead atoms. The van der Waals surface area contributed by atoms with Crippen molar-refractivity contribution in [3.63, 3.8) is 0 Å². The Bertz CT molecular complexity index is 1380. The van der Waals surface area contributed by atoms with Crippen LogP contribution < -0.4 is 19.7 Å². The summed E-state index contributed by atoms with van der Waals surface area (Å²) in [6.45, 7) is 13.5. The molecule has 2 aliphatic heterocycles. The molecule has 2 heterocycles. The largest absolute Gasteiger partial charge is 0.493 e. The fourth-order valence-electron chi connectivity index (χ4n) is 5.27. The number of rotatable bonds is 9. The highest BCUT2D eigenvalue weighted by Crippen LogP contribution is 2.43. The average Bonchev–Trinajstić information content (AvgIpc) is 3.24. The van der Waals surface area contributed by atoms with E-state index in [1.54, 1.807) is 44.0 Å². The van der Waals surface area contributed by atoms with Gasteiger partial charge in [0.05, 0.1) is 37.6 Å². The molecule has 2 aromatic carbocycles. The molecule has 0 saturated carbocycles. The molecule has 2 aliphatic rings. The van der Waals surface area contributed by atoms with Crippen LogP contribution in [-0.4, -0.2) is 74.4 Å². The van der Waals surface area contributed by atoms with Gasteiger partial charge in [-0.15, -0.1) is 0 Å². The Kier molecular flexibility index (Phi) is 8.60. The van der Waals surface area contributed by atoms with E-state index in [1.807, 2.05) is 17.9 Å². The minimum absolute atomic E-state index is 0.0244. The molecule has 2 aromatic rings. The number of amides is 1. The number of carbonyl (C=O) groups is 3. The third-order valence-corrected chi connectivity index (χ3v) is 7.43. The van der Waals surface area contributed by atoms with Crippen molar-refractivity contribution >= 4 is 29.2 Å². The van der Waals surface area contributed by atoms with Crippen molar-refractivity contribution < 1.29 is 28.6 Å². The molecular weight excluding hydrogens is 524 g/mol. The Labute approximate surface area is 241 Å². The van der Waals surface area contributed by atoms with E-state index in [9.17, 15) is 14.4 Å². The summed E-state index contributed by atoms with van der Waals surface area (Å²) in [6, 6.07) is 6.54. The molecule has 0 radical (unpaired) electrons. The van der Waals surface area contributed by atoms with Crippen LogP contribution >= 0.6 is 0 Å². The second kappa shape index (κ2) is 11.8. The monoisotopic (exact) mass is 564 g/mol. The lowest BCUT2D eigenvalue weighted by molar-refractivity contribution is -0.144. The van der Waals surface area contributed by atoms with Gasteiger partial charge in [0.2, 0.25) is 0 Å². The number of fused-ring (bicyclic) bond motifs is 2. The van der Waals surface area contributed by atoms with Gasteiger partial charge in [0.1, 0.15) is 30.0 Å². The average molecular weight is 565 g/mol. The predicted molar refractivity (Wildman–Crippen MR) is 157 cm³/mol. The van der Waals surface area contributed by atoms with Crippen LogP contribution in [0.15, 0.2) is 24.3 Å². The van der Waals surface area contributed by atoms with Gasteiger partial charge < -0.3 is 29.3 Å². The molecule has 2 N–H and O–H groups in total. The second-order valence-electron chi connectivity index (χ2n) is 11.2. The molecule has 1 atom stereocenters. The molecule has 0 saturated heterocycles. The minimum Gasteiger partial charge on any atom is -0.493 e. The predicted octanol–water partition coefficient (Wildman–Crippen LogP) is 3.92. The number of ether oxygens (including phenoxy) is 3. The molecule has 41 heavy (non-hydrogen) atoms. The number of anilines is 1. The maximum absolute atomic E-state index is 13.8. The van der Waals surface area contributed by atoms with Crippen molar-refractivity contribution in [2.75, 3.05) is 44.9 Å². The highest BCUT2D eigenvalue weighted by atomic mass is 16.5. The Balaban J connectivity index is 1.67. The normalized spacial score (nSPS) is 15.0. The molecule has 0 spiro atoms. The van der Waals surface area contributed by atoms with Crippen molar-refractivity contribution in [2.45, 2.75) is 59.5 Å². The summed E-state index contributed by atoms with van der Waals surface area (Å²) >= 11 is 0. The SMILES string of the molecule is CCOC(=O)C(C)N1CCOc2c1cc(C(=O)CN1Cc3cc(OCC)c(C(=O)NC)cc3C1=N)cc2C(C)(C)C. The van der Waals surface area contributed by atoms with Gasteiger partial charge in [-0.1, -0.05) is 20.8 Å². The zero-order chi connectivity index (χ0) is 30.1. The number of esters is 1. The number of nitrogens with zero attached hydrogens (tertiary/aromatic N) is 2. The van der Waals surface area contributed by atoms with Crippen molar-refractivity contribution in [3.8, 4) is 11.5 Å². The summed E-state index contributed by atoms with van der Waals surface area (Å²) in [5, 5.41) is 11.4. The molecule has 0 aliphatic carbocycles. The first-order valence-electron chi connectivity index (χ1n) is 14.0. The van der Waals surface area contributed by atoms with Crippen molar-refractivity contribution in [2.24, 2.45) is 0 Å². The first-order chi connectivity index (χ1) is 19.4. The maximum Gasteiger partial charge on any atom is 0.328 e. The molecule has 4 rings (SSSR count). The third-order valence-electron chi connectivity index (χ3n) is 7.43. The highest BCUT2D eigenvalue weighted by Gasteiger charge is 2.34. The Morgan fingerprint density at radius 2 is 1.85 bits per heavy atom. The van der Waals surface area contributed by atoms with Crippen molar-refractivity contribution in [1.82, 2.24) is 10.2 Å². The number of ketones is 1. The smallest absolute Gasteiger partial charge is 0.328 e. The number of benzene rings is 2. The fraction of sp³-hybridized carbons (Fsp3) is 0.484. The van der Waals surface area contributed by atoms with Gasteiger partial charge in [-0.2, -0.15) is 0 Å². The molecular formula is C31H40N4O6. The standard InChI is InChI=1S/C31H40N4O6/c1-8-39-26-14-20-16-34(28(32)21(20)15-22(26)29(37)33-7)17-25(36)19-12-23(31(4,5)6)27-24(13-19)35(10-11-41-27)18(3)30(38)40-9-2/h12-15,18,32H,8-11,16-17H2,1-7H3,(H,33,37). The summed E-state index contributed by atoms with van der Waals surface area (Å²) in [4.78, 5) is 42.5. The Morgan fingerprint density at radius 1 is 1.12 bits per heavy atom. The topological polar surface area (TPSA) is 121 Å². The van der Waals surface area contributed by atoms with Gasteiger partial charge in [-0.3, -0.25) is 15.0 Å². The summed E-state index contributed by atoms with van der Waals surface area (Å²) in [5.41, 5.74) is 3.47. The first-order valence-corrected chi connectivity index (χ1v) is 14.0. The second-order valence-corrected chi connectivity index (χ2v) is 11.2. The van der Waals surface area contributed by atoms with Crippen LogP contribution in [0.1, 0.15) is 78.9 Å². The van der Waals surface area contributed by atoms with Gasteiger partial charge in [0, 0.05) is 30.3 Å². The van der Waals surface area contributed by atoms with Crippen LogP contribution in [0.5, 0.6) is 11.5 Å². The Morgan fingerprint density at radius 3 is 2.49 bits per heavy atom. The zero-order valence-corrected chi connectivity index (χ0v) is 25.0. The first kappa shape index (κ1) is 29.9. The van der Waals surface area contributed by atoms with E-state index in [4.69, 9.17) is 19.6 Å². The quantitative estimate of drug-likeness (QED) is 0.347. The van der Waals surface area contributed by atoms with Crippen molar-refractivity contribution in [3.05, 3.63) is 52.1 Å². The molecule has 10 heteroatoms. The van der Waals surface area contributed by atoms with Crippen LogP contribution in [0.25, 0.3) is 0 Å². The van der Waals surface area contributed by atoms with E-state index in [-0.39, 0.29) is 42.1 Å². The van der Waals surface area contributed by atoms with Crippen LogP contribution in [0, 0.1) is 5.41 Å². The molecule has 220 valence electrons. The minimum atomic E-state index is -0.550. The van der Waals surface area contributed by atoms with Crippen LogP contribution in [0.4, 0.5) is 5.69 Å². The molecule has 10 nitrogen and oxygen atoms in total. The third kappa shape index (κ3) is 5.87. The lowest BCUT2D eigenvalue weighted by atomic mass is 9.84. The number of amidine groups is 1. The van der Waals surface area contributed by atoms with Gasteiger partial charge >= 0.3 is 5.97 Å². The summed E-state index contributed by atoms with van der Waals surface area (Å²) in [6.07, 6.45) is 0. The lowest BCUT2D eigenvalue weighted by Gasteiger charge is -2.37. The summed E-state index contributed by atoms with van der Waals surface area (Å²) in [5.74, 6) is 0.499. The zero-order valence-electron chi connectivity index (χ0n) is 25.0. The van der Waals surface area contributed by atoms with Gasteiger partial charge in [-0.05, 0) is 56.0 Å². The van der Waals surface area contributed by atoms with Crippen molar-refractivity contribution in [1.29, 1.82) is 5.41 Å². The van der Waals surface area contributed by atoms with Crippen LogP contribution in [0.2, 0.25) is 0 Å². The summed E-state index contributed by atoms with van der Waals surface area (Å²) < 4.78 is 17.1.